The lowest BCUT2D eigenvalue weighted by Crippen LogP contribution is -2.43. The molecule has 2 N–H and O–H groups in total. The first-order valence-electron chi connectivity index (χ1n) is 10.2. The number of piperidine rings is 1. The van der Waals surface area contributed by atoms with Crippen LogP contribution in [0.4, 0.5) is 5.69 Å². The van der Waals surface area contributed by atoms with E-state index < -0.39 is 15.9 Å². The Morgan fingerprint density at radius 1 is 1.06 bits per heavy atom. The minimum Gasteiger partial charge on any atom is -0.326 e. The van der Waals surface area contributed by atoms with Crippen LogP contribution in [0.5, 0.6) is 0 Å². The van der Waals surface area contributed by atoms with Crippen LogP contribution < -0.4 is 10.9 Å². The van der Waals surface area contributed by atoms with Crippen molar-refractivity contribution in [1.29, 1.82) is 0 Å². The number of nitrogens with zero attached hydrogens (tertiary/aromatic N) is 1. The van der Waals surface area contributed by atoms with Gasteiger partial charge in [0.1, 0.15) is 0 Å². The molecule has 1 atom stereocenters. The molecule has 1 fully saturated rings. The summed E-state index contributed by atoms with van der Waals surface area (Å²) in [5.41, 5.74) is 3.18. The highest BCUT2D eigenvalue weighted by atomic mass is 32.2. The van der Waals surface area contributed by atoms with E-state index in [4.69, 9.17) is 0 Å². The Kier molecular flexibility index (Phi) is 5.68. The molecule has 2 heterocycles. The summed E-state index contributed by atoms with van der Waals surface area (Å²) in [7, 11) is -3.76. The molecule has 0 radical (unpaired) electrons. The zero-order chi connectivity index (χ0) is 22.2. The van der Waals surface area contributed by atoms with Gasteiger partial charge < -0.3 is 10.3 Å². The predicted molar refractivity (Wildman–Crippen MR) is 121 cm³/mol. The molecule has 1 aromatic heterocycles. The van der Waals surface area contributed by atoms with Crippen LogP contribution in [0.25, 0.3) is 10.9 Å². The second-order valence-electron chi connectivity index (χ2n) is 8.14. The summed E-state index contributed by atoms with van der Waals surface area (Å²) in [5, 5.41) is 3.58. The lowest BCUT2D eigenvalue weighted by Gasteiger charge is -2.31. The number of aryl methyl sites for hydroxylation is 2. The number of anilines is 1. The summed E-state index contributed by atoms with van der Waals surface area (Å²) in [6, 6.07) is 13.5. The van der Waals surface area contributed by atoms with E-state index in [0.717, 1.165) is 16.8 Å². The SMILES string of the molecule is Cc1cc(C)cc(NC(=O)[C@H]2CCCN(S(=O)(=O)c3ccc4[nH]c(=O)ccc4c3)C2)c1. The van der Waals surface area contributed by atoms with Crippen LogP contribution in [0.1, 0.15) is 24.0 Å². The van der Waals surface area contributed by atoms with E-state index in [1.165, 1.54) is 16.4 Å². The number of rotatable bonds is 4. The van der Waals surface area contributed by atoms with Crippen LogP contribution in [0.2, 0.25) is 0 Å². The Bertz CT molecular complexity index is 1290. The number of nitrogens with one attached hydrogen (secondary N) is 2. The van der Waals surface area contributed by atoms with Crippen LogP contribution >= 0.6 is 0 Å². The largest absolute Gasteiger partial charge is 0.326 e. The molecule has 1 aliphatic rings. The third-order valence-corrected chi connectivity index (χ3v) is 7.44. The molecule has 0 saturated carbocycles. The number of benzene rings is 2. The van der Waals surface area contributed by atoms with Crippen molar-refractivity contribution >= 4 is 32.5 Å². The second-order valence-corrected chi connectivity index (χ2v) is 10.1. The average molecular weight is 440 g/mol. The Balaban J connectivity index is 1.53. The second kappa shape index (κ2) is 8.28. The third kappa shape index (κ3) is 4.55. The van der Waals surface area contributed by atoms with Crippen molar-refractivity contribution in [2.24, 2.45) is 5.92 Å². The van der Waals surface area contributed by atoms with Gasteiger partial charge in [-0.25, -0.2) is 8.42 Å². The zero-order valence-electron chi connectivity index (χ0n) is 17.5. The van der Waals surface area contributed by atoms with Gasteiger partial charge in [-0.2, -0.15) is 4.31 Å². The molecular weight excluding hydrogens is 414 g/mol. The molecule has 4 rings (SSSR count). The smallest absolute Gasteiger partial charge is 0.248 e. The fraction of sp³-hybridized carbons (Fsp3) is 0.304. The van der Waals surface area contributed by atoms with Gasteiger partial charge in [0.25, 0.3) is 0 Å². The molecule has 0 spiro atoms. The Hall–Kier alpha value is -2.97. The summed E-state index contributed by atoms with van der Waals surface area (Å²) in [4.78, 5) is 27.1. The number of carbonyl (C=O) groups excluding carboxylic acids is 1. The van der Waals surface area contributed by atoms with Crippen LogP contribution in [0, 0.1) is 19.8 Å². The van der Waals surface area contributed by atoms with E-state index in [-0.39, 0.29) is 22.9 Å². The topological polar surface area (TPSA) is 99.3 Å². The van der Waals surface area contributed by atoms with Crippen molar-refractivity contribution in [3.8, 4) is 0 Å². The van der Waals surface area contributed by atoms with Crippen molar-refractivity contribution in [2.75, 3.05) is 18.4 Å². The molecule has 31 heavy (non-hydrogen) atoms. The van der Waals surface area contributed by atoms with Gasteiger partial charge in [0, 0.05) is 30.4 Å². The van der Waals surface area contributed by atoms with E-state index in [1.807, 2.05) is 32.0 Å². The Morgan fingerprint density at radius 2 is 1.81 bits per heavy atom. The lowest BCUT2D eigenvalue weighted by atomic mass is 9.98. The molecule has 1 aliphatic heterocycles. The van der Waals surface area contributed by atoms with Crippen molar-refractivity contribution < 1.29 is 13.2 Å². The number of fused-ring (bicyclic) bond motifs is 1. The monoisotopic (exact) mass is 439 g/mol. The number of aromatic nitrogens is 1. The number of sulfonamides is 1. The maximum absolute atomic E-state index is 13.2. The molecule has 0 bridgehead atoms. The number of hydrogen-bond donors (Lipinski definition) is 2. The molecule has 0 aliphatic carbocycles. The van der Waals surface area contributed by atoms with Gasteiger partial charge >= 0.3 is 0 Å². The first kappa shape index (κ1) is 21.3. The van der Waals surface area contributed by atoms with E-state index in [1.54, 1.807) is 18.2 Å². The van der Waals surface area contributed by atoms with Gasteiger partial charge in [0.2, 0.25) is 21.5 Å². The summed E-state index contributed by atoms with van der Waals surface area (Å²) < 4.78 is 27.9. The van der Waals surface area contributed by atoms with Gasteiger partial charge in [0.15, 0.2) is 0 Å². The van der Waals surface area contributed by atoms with Crippen molar-refractivity contribution in [2.45, 2.75) is 31.6 Å². The standard InChI is InChI=1S/C23H25N3O4S/c1-15-10-16(2)12-19(11-15)24-23(28)18-4-3-9-26(14-18)31(29,30)20-6-7-21-17(13-20)5-8-22(27)25-21/h5-8,10-13,18H,3-4,9,14H2,1-2H3,(H,24,28)(H,25,27)/t18-/m0/s1. The number of hydrogen-bond acceptors (Lipinski definition) is 4. The number of carbonyl (C=O) groups is 1. The highest BCUT2D eigenvalue weighted by molar-refractivity contribution is 7.89. The van der Waals surface area contributed by atoms with Crippen LogP contribution in [0.15, 0.2) is 58.2 Å². The number of amides is 1. The van der Waals surface area contributed by atoms with E-state index in [0.29, 0.717) is 30.3 Å². The van der Waals surface area contributed by atoms with Gasteiger partial charge in [-0.05, 0) is 79.6 Å². The van der Waals surface area contributed by atoms with Gasteiger partial charge in [-0.15, -0.1) is 0 Å². The normalized spacial score (nSPS) is 17.5. The number of aromatic amines is 1. The minimum absolute atomic E-state index is 0.141. The maximum Gasteiger partial charge on any atom is 0.248 e. The van der Waals surface area contributed by atoms with Crippen molar-refractivity contribution in [3.63, 3.8) is 0 Å². The highest BCUT2D eigenvalue weighted by Crippen LogP contribution is 2.26. The molecule has 0 unspecified atom stereocenters. The summed E-state index contributed by atoms with van der Waals surface area (Å²) in [6.07, 6.45) is 1.26. The lowest BCUT2D eigenvalue weighted by molar-refractivity contribution is -0.120. The first-order chi connectivity index (χ1) is 14.7. The fourth-order valence-corrected chi connectivity index (χ4v) is 5.67. The predicted octanol–water partition coefficient (Wildman–Crippen LogP) is 3.18. The molecule has 7 nitrogen and oxygen atoms in total. The summed E-state index contributed by atoms with van der Waals surface area (Å²) >= 11 is 0. The van der Waals surface area contributed by atoms with Crippen LogP contribution in [0.3, 0.4) is 0 Å². The zero-order valence-corrected chi connectivity index (χ0v) is 18.3. The highest BCUT2D eigenvalue weighted by Gasteiger charge is 2.33. The molecule has 2 aromatic carbocycles. The van der Waals surface area contributed by atoms with Gasteiger partial charge in [0.05, 0.1) is 10.8 Å². The Labute approximate surface area is 181 Å². The third-order valence-electron chi connectivity index (χ3n) is 5.58. The molecule has 162 valence electrons. The van der Waals surface area contributed by atoms with Crippen molar-refractivity contribution in [1.82, 2.24) is 9.29 Å². The fourth-order valence-electron chi connectivity index (χ4n) is 4.11. The van der Waals surface area contributed by atoms with Gasteiger partial charge in [-0.1, -0.05) is 6.07 Å². The first-order valence-corrected chi connectivity index (χ1v) is 11.7. The molecule has 1 saturated heterocycles. The van der Waals surface area contributed by atoms with Gasteiger partial charge in [-0.3, -0.25) is 9.59 Å². The van der Waals surface area contributed by atoms with Crippen LogP contribution in [-0.4, -0.2) is 36.7 Å². The molecule has 3 aromatic rings. The Morgan fingerprint density at radius 3 is 2.55 bits per heavy atom. The van der Waals surface area contributed by atoms with E-state index in [2.05, 4.69) is 10.3 Å². The molecule has 8 heteroatoms. The quantitative estimate of drug-likeness (QED) is 0.652. The minimum atomic E-state index is -3.76. The van der Waals surface area contributed by atoms with E-state index in [9.17, 15) is 18.0 Å². The summed E-state index contributed by atoms with van der Waals surface area (Å²) in [6.45, 7) is 4.45. The summed E-state index contributed by atoms with van der Waals surface area (Å²) in [5.74, 6) is -0.581. The van der Waals surface area contributed by atoms with Crippen LogP contribution in [-0.2, 0) is 14.8 Å². The number of pyridine rings is 1. The number of H-pyrrole nitrogens is 1. The molecule has 1 amide bonds. The average Bonchev–Trinajstić information content (AvgIpc) is 2.72. The molecular formula is C23H25N3O4S. The maximum atomic E-state index is 13.2. The van der Waals surface area contributed by atoms with Crippen molar-refractivity contribution in [3.05, 3.63) is 70.0 Å². The van der Waals surface area contributed by atoms with E-state index >= 15 is 0 Å².